The van der Waals surface area contributed by atoms with Gasteiger partial charge in [-0.2, -0.15) is 0 Å². The van der Waals surface area contributed by atoms with Crippen LogP contribution in [0, 0.1) is 0 Å². The van der Waals surface area contributed by atoms with Crippen LogP contribution >= 0.6 is 0 Å². The van der Waals surface area contributed by atoms with E-state index in [9.17, 15) is 18.0 Å². The van der Waals surface area contributed by atoms with Crippen LogP contribution in [0.25, 0.3) is 11.3 Å². The number of hydrogen-bond acceptors (Lipinski definition) is 5. The number of carbonyl (C=O) groups excluding carboxylic acids is 1. The molecule has 0 radical (unpaired) electrons. The molecule has 1 atom stereocenters. The maximum absolute atomic E-state index is 12.0. The molecule has 2 aromatic rings. The molecule has 0 bridgehead atoms. The van der Waals surface area contributed by atoms with Gasteiger partial charge in [0.05, 0.1) is 5.69 Å². The monoisotopic (exact) mass is 334 g/mol. The Hall–Kier alpha value is -2.52. The highest BCUT2D eigenvalue weighted by Gasteiger charge is 2.38. The van der Waals surface area contributed by atoms with Crippen molar-refractivity contribution >= 4 is 21.9 Å². The Morgan fingerprint density at radius 2 is 1.91 bits per heavy atom. The van der Waals surface area contributed by atoms with Crippen LogP contribution in [0.4, 0.5) is 5.95 Å². The van der Waals surface area contributed by atoms with E-state index in [1.165, 1.54) is 6.07 Å². The van der Waals surface area contributed by atoms with E-state index < -0.39 is 26.7 Å². The van der Waals surface area contributed by atoms with Gasteiger partial charge in [0.1, 0.15) is 5.25 Å². The molecule has 9 heteroatoms. The molecule has 1 aromatic carbocycles. The first-order valence-corrected chi connectivity index (χ1v) is 8.44. The Morgan fingerprint density at radius 1 is 1.22 bits per heavy atom. The highest BCUT2D eigenvalue weighted by atomic mass is 32.2. The van der Waals surface area contributed by atoms with Gasteiger partial charge in [0.25, 0.3) is 5.56 Å². The summed E-state index contributed by atoms with van der Waals surface area (Å²) in [6.07, 6.45) is -0.224. The summed E-state index contributed by atoms with van der Waals surface area (Å²) in [5, 5.41) is 4.10. The van der Waals surface area contributed by atoms with Crippen molar-refractivity contribution < 1.29 is 13.2 Å². The number of primary sulfonamides is 1. The van der Waals surface area contributed by atoms with E-state index in [0.717, 1.165) is 10.5 Å². The van der Waals surface area contributed by atoms with Crippen molar-refractivity contribution in [1.82, 2.24) is 9.97 Å². The molecular formula is C14H14N4O4S. The fourth-order valence-electron chi connectivity index (χ4n) is 2.43. The minimum Gasteiger partial charge on any atom is -0.292 e. The van der Waals surface area contributed by atoms with E-state index in [2.05, 4.69) is 9.97 Å². The van der Waals surface area contributed by atoms with Crippen LogP contribution in [0.5, 0.6) is 0 Å². The first-order valence-electron chi connectivity index (χ1n) is 6.83. The minimum absolute atomic E-state index is 0.0208. The van der Waals surface area contributed by atoms with Gasteiger partial charge in [-0.3, -0.25) is 19.5 Å². The van der Waals surface area contributed by atoms with Crippen molar-refractivity contribution in [3.8, 4) is 11.3 Å². The molecule has 1 amide bonds. The normalized spacial score (nSPS) is 18.4. The molecule has 1 saturated heterocycles. The molecular weight excluding hydrogens is 320 g/mol. The predicted octanol–water partition coefficient (Wildman–Crippen LogP) is -0.169. The van der Waals surface area contributed by atoms with Gasteiger partial charge in [-0.1, -0.05) is 30.3 Å². The Labute approximate surface area is 132 Å². The molecule has 0 spiro atoms. The third kappa shape index (κ3) is 3.15. The summed E-state index contributed by atoms with van der Waals surface area (Å²) < 4.78 is 22.8. The summed E-state index contributed by atoms with van der Waals surface area (Å²) >= 11 is 0. The average molecular weight is 334 g/mol. The Bertz CT molecular complexity index is 908. The van der Waals surface area contributed by atoms with Crippen LogP contribution in [-0.4, -0.2) is 36.1 Å². The van der Waals surface area contributed by atoms with E-state index in [0.29, 0.717) is 5.69 Å². The number of benzene rings is 1. The Balaban J connectivity index is 2.00. The fourth-order valence-corrected chi connectivity index (χ4v) is 3.16. The lowest BCUT2D eigenvalue weighted by Gasteiger charge is -2.15. The van der Waals surface area contributed by atoms with Crippen LogP contribution in [0.2, 0.25) is 0 Å². The smallest absolute Gasteiger partial charge is 0.252 e. The summed E-state index contributed by atoms with van der Waals surface area (Å²) in [6, 6.07) is 10.3. The van der Waals surface area contributed by atoms with E-state index in [4.69, 9.17) is 5.14 Å². The molecule has 1 aliphatic rings. The molecule has 1 fully saturated rings. The number of nitrogens with one attached hydrogen (secondary N) is 1. The van der Waals surface area contributed by atoms with Gasteiger partial charge in [-0.15, -0.1) is 0 Å². The number of aromatic amines is 1. The van der Waals surface area contributed by atoms with Crippen LogP contribution in [0.1, 0.15) is 6.42 Å². The second-order valence-corrected chi connectivity index (χ2v) is 7.08. The number of anilines is 1. The number of carbonyl (C=O) groups is 1. The maximum atomic E-state index is 12.0. The summed E-state index contributed by atoms with van der Waals surface area (Å²) in [5.74, 6) is -0.426. The van der Waals surface area contributed by atoms with Gasteiger partial charge in [-0.25, -0.2) is 18.5 Å². The molecule has 2 heterocycles. The number of aromatic nitrogens is 2. The largest absolute Gasteiger partial charge is 0.292 e. The minimum atomic E-state index is -3.83. The van der Waals surface area contributed by atoms with Crippen molar-refractivity contribution in [2.24, 2.45) is 5.14 Å². The highest BCUT2D eigenvalue weighted by Crippen LogP contribution is 2.22. The van der Waals surface area contributed by atoms with Gasteiger partial charge >= 0.3 is 0 Å². The zero-order valence-corrected chi connectivity index (χ0v) is 12.8. The fraction of sp³-hybridized carbons (Fsp3) is 0.214. The molecule has 1 unspecified atom stereocenters. The summed E-state index contributed by atoms with van der Waals surface area (Å²) in [5.41, 5.74) is 0.686. The third-order valence-corrected chi connectivity index (χ3v) is 4.85. The first kappa shape index (κ1) is 15.4. The van der Waals surface area contributed by atoms with E-state index in [1.807, 2.05) is 6.07 Å². The number of nitrogens with zero attached hydrogens (tertiary/aromatic N) is 2. The topological polar surface area (TPSA) is 126 Å². The van der Waals surface area contributed by atoms with E-state index in [1.54, 1.807) is 24.3 Å². The molecule has 8 nitrogen and oxygen atoms in total. The molecule has 3 N–H and O–H groups in total. The number of hydrogen-bond donors (Lipinski definition) is 2. The van der Waals surface area contributed by atoms with Gasteiger partial charge in [-0.05, 0) is 0 Å². The second kappa shape index (κ2) is 5.60. The number of H-pyrrole nitrogens is 1. The lowest BCUT2D eigenvalue weighted by Crippen LogP contribution is -2.33. The SMILES string of the molecule is NS(=O)(=O)C1CC(=O)N(c2nc(-c3ccccc3)cc(=O)[nH]2)C1. The van der Waals surface area contributed by atoms with E-state index >= 15 is 0 Å². The maximum Gasteiger partial charge on any atom is 0.252 e. The lowest BCUT2D eigenvalue weighted by molar-refractivity contribution is -0.117. The van der Waals surface area contributed by atoms with Gasteiger partial charge in [0.2, 0.25) is 21.9 Å². The van der Waals surface area contributed by atoms with Gasteiger partial charge < -0.3 is 0 Å². The molecule has 3 rings (SSSR count). The second-order valence-electron chi connectivity index (χ2n) is 5.24. The van der Waals surface area contributed by atoms with Gasteiger partial charge in [0.15, 0.2) is 0 Å². The first-order chi connectivity index (χ1) is 10.8. The average Bonchev–Trinajstić information content (AvgIpc) is 2.90. The lowest BCUT2D eigenvalue weighted by atomic mass is 10.1. The van der Waals surface area contributed by atoms with Crippen molar-refractivity contribution in [3.05, 3.63) is 46.8 Å². The number of nitrogens with two attached hydrogens (primary N) is 1. The quantitative estimate of drug-likeness (QED) is 0.806. The predicted molar refractivity (Wildman–Crippen MR) is 84.2 cm³/mol. The highest BCUT2D eigenvalue weighted by molar-refractivity contribution is 7.89. The van der Waals surface area contributed by atoms with Crippen molar-refractivity contribution in [3.63, 3.8) is 0 Å². The zero-order chi connectivity index (χ0) is 16.6. The van der Waals surface area contributed by atoms with Crippen LogP contribution in [-0.2, 0) is 14.8 Å². The van der Waals surface area contributed by atoms with Gasteiger partial charge in [0, 0.05) is 24.6 Å². The molecule has 1 aliphatic heterocycles. The molecule has 120 valence electrons. The standard InChI is InChI=1S/C14H14N4O4S/c15-23(21,22)10-6-13(20)18(8-10)14-16-11(7-12(19)17-14)9-4-2-1-3-5-9/h1-5,7,10H,6,8H2,(H2,15,21,22)(H,16,17,19). The number of sulfonamides is 1. The molecule has 0 saturated carbocycles. The van der Waals surface area contributed by atoms with Crippen LogP contribution in [0.3, 0.4) is 0 Å². The van der Waals surface area contributed by atoms with Crippen molar-refractivity contribution in [2.45, 2.75) is 11.7 Å². The number of amides is 1. The molecule has 23 heavy (non-hydrogen) atoms. The third-order valence-electron chi connectivity index (χ3n) is 3.61. The molecule has 1 aromatic heterocycles. The zero-order valence-electron chi connectivity index (χ0n) is 12.0. The summed E-state index contributed by atoms with van der Waals surface area (Å²) in [7, 11) is -3.83. The Morgan fingerprint density at radius 3 is 2.52 bits per heavy atom. The summed E-state index contributed by atoms with van der Waals surface area (Å²) in [4.78, 5) is 31.8. The van der Waals surface area contributed by atoms with Crippen LogP contribution in [0.15, 0.2) is 41.2 Å². The van der Waals surface area contributed by atoms with Crippen molar-refractivity contribution in [1.29, 1.82) is 0 Å². The van der Waals surface area contributed by atoms with Crippen LogP contribution < -0.4 is 15.6 Å². The summed E-state index contributed by atoms with van der Waals surface area (Å²) in [6.45, 7) is -0.126. The number of rotatable bonds is 3. The van der Waals surface area contributed by atoms with E-state index in [-0.39, 0.29) is 18.9 Å². The Kier molecular flexibility index (Phi) is 3.74. The van der Waals surface area contributed by atoms with Crippen molar-refractivity contribution in [2.75, 3.05) is 11.4 Å². The molecule has 0 aliphatic carbocycles.